The van der Waals surface area contributed by atoms with E-state index in [0.717, 1.165) is 11.1 Å². The van der Waals surface area contributed by atoms with E-state index < -0.39 is 12.2 Å². The van der Waals surface area contributed by atoms with Gasteiger partial charge in [0, 0.05) is 30.6 Å². The van der Waals surface area contributed by atoms with Gasteiger partial charge in [0.1, 0.15) is 0 Å². The minimum Gasteiger partial charge on any atom is -0.459 e. The summed E-state index contributed by atoms with van der Waals surface area (Å²) < 4.78 is 11.3. The van der Waals surface area contributed by atoms with Gasteiger partial charge in [-0.05, 0) is 43.5 Å². The predicted octanol–water partition coefficient (Wildman–Crippen LogP) is 1.90. The molecule has 0 saturated heterocycles. The van der Waals surface area contributed by atoms with Crippen LogP contribution in [0.4, 0.5) is 0 Å². The SMILES string of the molecule is C#Cc1ccc([C@@H]2C=C(C(N)=O)O[C@H](OCC)[C@@H]2CCCO)cc1. The Labute approximate surface area is 142 Å². The number of rotatable bonds is 7. The Morgan fingerprint density at radius 1 is 1.42 bits per heavy atom. The predicted molar refractivity (Wildman–Crippen MR) is 90.7 cm³/mol. The number of carbonyl (C=O) groups is 1. The molecule has 2 rings (SSSR count). The van der Waals surface area contributed by atoms with Crippen LogP contribution < -0.4 is 5.73 Å². The molecule has 128 valence electrons. The number of benzene rings is 1. The molecule has 3 N–H and O–H groups in total. The van der Waals surface area contributed by atoms with Crippen LogP contribution in [-0.2, 0) is 14.3 Å². The number of aliphatic hydroxyl groups is 1. The Balaban J connectivity index is 2.40. The van der Waals surface area contributed by atoms with Crippen LogP contribution in [0.2, 0.25) is 0 Å². The molecule has 1 heterocycles. The first-order valence-electron chi connectivity index (χ1n) is 8.08. The van der Waals surface area contributed by atoms with Crippen molar-refractivity contribution in [3.63, 3.8) is 0 Å². The van der Waals surface area contributed by atoms with Crippen molar-refractivity contribution in [2.75, 3.05) is 13.2 Å². The van der Waals surface area contributed by atoms with E-state index in [2.05, 4.69) is 5.92 Å². The maximum absolute atomic E-state index is 11.6. The number of terminal acetylenes is 1. The fraction of sp³-hybridized carbons (Fsp3) is 0.421. The quantitative estimate of drug-likeness (QED) is 0.749. The number of carbonyl (C=O) groups excluding carboxylic acids is 1. The Morgan fingerprint density at radius 2 is 2.12 bits per heavy atom. The van der Waals surface area contributed by atoms with Crippen molar-refractivity contribution >= 4 is 5.91 Å². The summed E-state index contributed by atoms with van der Waals surface area (Å²) in [6.07, 6.45) is 7.89. The molecule has 1 amide bonds. The number of hydrogen-bond acceptors (Lipinski definition) is 4. The first-order chi connectivity index (χ1) is 11.6. The molecule has 3 atom stereocenters. The van der Waals surface area contributed by atoms with Crippen molar-refractivity contribution in [3.05, 3.63) is 47.2 Å². The molecule has 0 unspecified atom stereocenters. The monoisotopic (exact) mass is 329 g/mol. The summed E-state index contributed by atoms with van der Waals surface area (Å²) >= 11 is 0. The highest BCUT2D eigenvalue weighted by molar-refractivity contribution is 5.90. The lowest BCUT2D eigenvalue weighted by atomic mass is 9.80. The lowest BCUT2D eigenvalue weighted by Gasteiger charge is -2.36. The Kier molecular flexibility index (Phi) is 6.42. The van der Waals surface area contributed by atoms with Gasteiger partial charge in [0.2, 0.25) is 6.29 Å². The van der Waals surface area contributed by atoms with Crippen LogP contribution in [0.5, 0.6) is 0 Å². The van der Waals surface area contributed by atoms with Crippen LogP contribution >= 0.6 is 0 Å². The van der Waals surface area contributed by atoms with Crippen LogP contribution in [0.1, 0.15) is 36.8 Å². The van der Waals surface area contributed by atoms with Crippen LogP contribution in [0.25, 0.3) is 0 Å². The normalized spacial score (nSPS) is 23.0. The number of primary amides is 1. The van der Waals surface area contributed by atoms with Crippen molar-refractivity contribution < 1.29 is 19.4 Å². The van der Waals surface area contributed by atoms with E-state index in [1.807, 2.05) is 31.2 Å². The first-order valence-corrected chi connectivity index (χ1v) is 8.08. The zero-order valence-electron chi connectivity index (χ0n) is 13.8. The van der Waals surface area contributed by atoms with Gasteiger partial charge < -0.3 is 20.3 Å². The Bertz CT molecular complexity index is 630. The third kappa shape index (κ3) is 4.16. The van der Waals surface area contributed by atoms with E-state index in [0.29, 0.717) is 19.4 Å². The zero-order valence-corrected chi connectivity index (χ0v) is 13.8. The van der Waals surface area contributed by atoms with Crippen LogP contribution in [0.15, 0.2) is 36.1 Å². The molecule has 0 radical (unpaired) electrons. The molecule has 0 aliphatic carbocycles. The van der Waals surface area contributed by atoms with Crippen molar-refractivity contribution in [2.24, 2.45) is 11.7 Å². The molecule has 0 spiro atoms. The van der Waals surface area contributed by atoms with Gasteiger partial charge in [0.05, 0.1) is 0 Å². The summed E-state index contributed by atoms with van der Waals surface area (Å²) in [7, 11) is 0. The zero-order chi connectivity index (χ0) is 17.5. The summed E-state index contributed by atoms with van der Waals surface area (Å²) in [5.74, 6) is 1.95. The smallest absolute Gasteiger partial charge is 0.283 e. The molecule has 1 aliphatic heterocycles. The maximum Gasteiger partial charge on any atom is 0.283 e. The number of allylic oxidation sites excluding steroid dienone is 1. The number of aliphatic hydroxyl groups excluding tert-OH is 1. The van der Waals surface area contributed by atoms with Crippen molar-refractivity contribution in [1.29, 1.82) is 0 Å². The minimum absolute atomic E-state index is 0.0307. The van der Waals surface area contributed by atoms with Gasteiger partial charge in [-0.1, -0.05) is 18.1 Å². The second kappa shape index (κ2) is 8.53. The van der Waals surface area contributed by atoms with Gasteiger partial charge in [0.25, 0.3) is 5.91 Å². The largest absolute Gasteiger partial charge is 0.459 e. The van der Waals surface area contributed by atoms with Gasteiger partial charge >= 0.3 is 0 Å². The molecule has 0 bridgehead atoms. The summed E-state index contributed by atoms with van der Waals surface area (Å²) in [6.45, 7) is 2.41. The molecular formula is C19H23NO4. The number of nitrogens with two attached hydrogens (primary N) is 1. The Hall–Kier alpha value is -2.29. The number of amides is 1. The molecule has 5 heteroatoms. The third-order valence-corrected chi connectivity index (χ3v) is 4.12. The van der Waals surface area contributed by atoms with Gasteiger partial charge in [-0.25, -0.2) is 0 Å². The molecule has 0 fully saturated rings. The van der Waals surface area contributed by atoms with Gasteiger partial charge in [-0.2, -0.15) is 0 Å². The van der Waals surface area contributed by atoms with Gasteiger partial charge in [-0.3, -0.25) is 4.79 Å². The lowest BCUT2D eigenvalue weighted by Crippen LogP contribution is -2.37. The van der Waals surface area contributed by atoms with E-state index in [1.54, 1.807) is 6.08 Å². The Morgan fingerprint density at radius 3 is 2.67 bits per heavy atom. The minimum atomic E-state index is -0.620. The second-order valence-electron chi connectivity index (χ2n) is 5.66. The maximum atomic E-state index is 11.6. The highest BCUT2D eigenvalue weighted by Gasteiger charge is 2.37. The lowest BCUT2D eigenvalue weighted by molar-refractivity contribution is -0.165. The number of ether oxygens (including phenoxy) is 2. The van der Waals surface area contributed by atoms with E-state index in [9.17, 15) is 9.90 Å². The van der Waals surface area contributed by atoms with Crippen molar-refractivity contribution in [1.82, 2.24) is 0 Å². The molecular weight excluding hydrogens is 306 g/mol. The summed E-state index contributed by atoms with van der Waals surface area (Å²) in [6, 6.07) is 7.60. The fourth-order valence-electron chi connectivity index (χ4n) is 2.96. The highest BCUT2D eigenvalue weighted by atomic mass is 16.7. The number of hydrogen-bond donors (Lipinski definition) is 2. The van der Waals surface area contributed by atoms with Gasteiger partial charge in [0.15, 0.2) is 5.76 Å². The highest BCUT2D eigenvalue weighted by Crippen LogP contribution is 2.39. The standard InChI is InChI=1S/C19H23NO4/c1-3-13-7-9-14(10-8-13)16-12-17(18(20)22)24-19(23-4-2)15(16)6-5-11-21/h1,7-10,12,15-16,19,21H,4-6,11H2,2H3,(H2,20,22)/t15-,16+,19+/m1/s1. The molecule has 1 aromatic rings. The summed E-state index contributed by atoms with van der Waals surface area (Å²) in [5.41, 5.74) is 7.20. The van der Waals surface area contributed by atoms with Crippen LogP contribution in [0.3, 0.4) is 0 Å². The summed E-state index contributed by atoms with van der Waals surface area (Å²) in [4.78, 5) is 11.6. The molecule has 5 nitrogen and oxygen atoms in total. The average molecular weight is 329 g/mol. The van der Waals surface area contributed by atoms with E-state index in [1.165, 1.54) is 0 Å². The van der Waals surface area contributed by atoms with Crippen LogP contribution in [0, 0.1) is 18.3 Å². The molecule has 0 saturated carbocycles. The topological polar surface area (TPSA) is 81.8 Å². The van der Waals surface area contributed by atoms with E-state index in [4.69, 9.17) is 21.6 Å². The summed E-state index contributed by atoms with van der Waals surface area (Å²) in [5, 5.41) is 9.19. The molecule has 1 aliphatic rings. The van der Waals surface area contributed by atoms with Crippen LogP contribution in [-0.4, -0.2) is 30.5 Å². The van der Waals surface area contributed by atoms with Gasteiger partial charge in [-0.15, -0.1) is 6.42 Å². The van der Waals surface area contributed by atoms with E-state index in [-0.39, 0.29) is 24.2 Å². The van der Waals surface area contributed by atoms with Crippen molar-refractivity contribution in [3.8, 4) is 12.3 Å². The average Bonchev–Trinajstić information content (AvgIpc) is 2.60. The molecule has 0 aromatic heterocycles. The third-order valence-electron chi connectivity index (χ3n) is 4.12. The fourth-order valence-corrected chi connectivity index (χ4v) is 2.96. The van der Waals surface area contributed by atoms with E-state index >= 15 is 0 Å². The molecule has 24 heavy (non-hydrogen) atoms. The molecule has 1 aromatic carbocycles. The first kappa shape index (κ1) is 18.1. The second-order valence-corrected chi connectivity index (χ2v) is 5.66. The van der Waals surface area contributed by atoms with Crippen molar-refractivity contribution in [2.45, 2.75) is 32.0 Å².